The zero-order valence-electron chi connectivity index (χ0n) is 9.36. The zero-order chi connectivity index (χ0) is 11.7. The molecule has 2 unspecified atom stereocenters. The van der Waals surface area contributed by atoms with Crippen molar-refractivity contribution in [1.82, 2.24) is 10.6 Å². The molecule has 90 valence electrons. The Morgan fingerprint density at radius 1 is 1.69 bits per heavy atom. The Hall–Kier alpha value is -1.14. The average molecular weight is 228 g/mol. The summed E-state index contributed by atoms with van der Waals surface area (Å²) in [5, 5.41) is 5.84. The molecule has 6 heteroatoms. The summed E-state index contributed by atoms with van der Waals surface area (Å²) in [6, 6.07) is -0.313. The van der Waals surface area contributed by atoms with Gasteiger partial charge in [-0.15, -0.1) is 0 Å². The fourth-order valence-corrected chi connectivity index (χ4v) is 1.94. The molecule has 2 rings (SSSR count). The van der Waals surface area contributed by atoms with Gasteiger partial charge in [0.2, 0.25) is 5.91 Å². The number of epoxide rings is 1. The maximum absolute atomic E-state index is 11.1. The summed E-state index contributed by atoms with van der Waals surface area (Å²) >= 11 is 0. The summed E-state index contributed by atoms with van der Waals surface area (Å²) in [6.07, 6.45) is 1.19. The third-order valence-corrected chi connectivity index (χ3v) is 2.92. The van der Waals surface area contributed by atoms with E-state index in [1.807, 2.05) is 0 Å². The van der Waals surface area contributed by atoms with Gasteiger partial charge in [-0.3, -0.25) is 14.9 Å². The Morgan fingerprint density at radius 3 is 3.00 bits per heavy atom. The molecule has 0 aromatic rings. The van der Waals surface area contributed by atoms with Gasteiger partial charge in [0.05, 0.1) is 13.2 Å². The first-order valence-electron chi connectivity index (χ1n) is 5.40. The Morgan fingerprint density at radius 2 is 2.44 bits per heavy atom. The molecule has 6 nitrogen and oxygen atoms in total. The fraction of sp³-hybridized carbons (Fsp3) is 0.800. The van der Waals surface area contributed by atoms with Gasteiger partial charge in [-0.2, -0.15) is 0 Å². The van der Waals surface area contributed by atoms with E-state index >= 15 is 0 Å². The molecular weight excluding hydrogens is 212 g/mol. The van der Waals surface area contributed by atoms with Crippen LogP contribution < -0.4 is 10.6 Å². The van der Waals surface area contributed by atoms with Crippen LogP contribution >= 0.6 is 0 Å². The van der Waals surface area contributed by atoms with Crippen molar-refractivity contribution in [2.45, 2.75) is 44.2 Å². The minimum absolute atomic E-state index is 0.0152. The van der Waals surface area contributed by atoms with Crippen LogP contribution in [0, 0.1) is 0 Å². The van der Waals surface area contributed by atoms with Crippen LogP contribution in [-0.4, -0.2) is 43.4 Å². The maximum Gasteiger partial charge on any atom is 0.322 e. The topological polar surface area (TPSA) is 80.0 Å². The second-order valence-corrected chi connectivity index (χ2v) is 4.15. The minimum Gasteiger partial charge on any atom is -0.468 e. The molecule has 0 radical (unpaired) electrons. The van der Waals surface area contributed by atoms with Crippen LogP contribution in [0.25, 0.3) is 0 Å². The summed E-state index contributed by atoms with van der Waals surface area (Å²) in [4.78, 5) is 22.2. The summed E-state index contributed by atoms with van der Waals surface area (Å²) in [7, 11) is 1.35. The predicted molar refractivity (Wildman–Crippen MR) is 54.4 cm³/mol. The monoisotopic (exact) mass is 228 g/mol. The second-order valence-electron chi connectivity index (χ2n) is 4.15. The summed E-state index contributed by atoms with van der Waals surface area (Å²) < 4.78 is 9.97. The smallest absolute Gasteiger partial charge is 0.322 e. The van der Waals surface area contributed by atoms with E-state index in [9.17, 15) is 9.59 Å². The van der Waals surface area contributed by atoms with E-state index in [2.05, 4.69) is 15.4 Å². The first kappa shape index (κ1) is 11.3. The van der Waals surface area contributed by atoms with Gasteiger partial charge >= 0.3 is 5.97 Å². The van der Waals surface area contributed by atoms with Crippen molar-refractivity contribution in [3.8, 4) is 0 Å². The quantitative estimate of drug-likeness (QED) is 0.483. The molecule has 2 aliphatic heterocycles. The third kappa shape index (κ3) is 2.33. The molecule has 4 atom stereocenters. The first-order chi connectivity index (χ1) is 7.61. The Labute approximate surface area is 93.7 Å². The molecule has 0 aliphatic carbocycles. The van der Waals surface area contributed by atoms with Crippen molar-refractivity contribution < 1.29 is 19.1 Å². The van der Waals surface area contributed by atoms with Crippen molar-refractivity contribution in [3.63, 3.8) is 0 Å². The standard InChI is InChI=1S/C10H16N2O4/c1-5(10(14)15-2)11-9-8(16-9)6-3-4-7(13)12-6/h5-6,8-9,11H,3-4H2,1-2H3,(H,12,13)/t5-,6+,8?,9?/m1/s1. The van der Waals surface area contributed by atoms with Crippen molar-refractivity contribution in [3.05, 3.63) is 0 Å². The normalized spacial score (nSPS) is 34.4. The molecule has 0 bridgehead atoms. The maximum atomic E-state index is 11.1. The Kier molecular flexibility index (Phi) is 3.11. The molecule has 0 aromatic heterocycles. The molecule has 1 amide bonds. The number of carbonyl (C=O) groups is 2. The van der Waals surface area contributed by atoms with E-state index in [0.717, 1.165) is 6.42 Å². The van der Waals surface area contributed by atoms with E-state index in [1.165, 1.54) is 7.11 Å². The lowest BCUT2D eigenvalue weighted by atomic mass is 10.1. The largest absolute Gasteiger partial charge is 0.468 e. The molecule has 2 N–H and O–H groups in total. The van der Waals surface area contributed by atoms with Crippen LogP contribution in [0.5, 0.6) is 0 Å². The van der Waals surface area contributed by atoms with E-state index in [4.69, 9.17) is 4.74 Å². The zero-order valence-corrected chi connectivity index (χ0v) is 9.36. The average Bonchev–Trinajstić information content (AvgIpc) is 2.89. The Balaban J connectivity index is 1.75. The number of methoxy groups -OCH3 is 1. The highest BCUT2D eigenvalue weighted by molar-refractivity contribution is 5.78. The van der Waals surface area contributed by atoms with Crippen molar-refractivity contribution in [2.24, 2.45) is 0 Å². The number of nitrogens with one attached hydrogen (secondary N) is 2. The number of ether oxygens (including phenoxy) is 2. The van der Waals surface area contributed by atoms with Crippen molar-refractivity contribution >= 4 is 11.9 Å². The molecule has 0 aromatic carbocycles. The van der Waals surface area contributed by atoms with Gasteiger partial charge in [-0.25, -0.2) is 0 Å². The van der Waals surface area contributed by atoms with E-state index in [-0.39, 0.29) is 30.3 Å². The molecular formula is C10H16N2O4. The number of amides is 1. The number of esters is 1. The van der Waals surface area contributed by atoms with Gasteiger partial charge in [0, 0.05) is 6.42 Å². The number of hydrogen-bond acceptors (Lipinski definition) is 5. The molecule has 0 spiro atoms. The molecule has 2 fully saturated rings. The molecule has 16 heavy (non-hydrogen) atoms. The highest BCUT2D eigenvalue weighted by atomic mass is 16.6. The number of rotatable bonds is 4. The first-order valence-corrected chi connectivity index (χ1v) is 5.40. The fourth-order valence-electron chi connectivity index (χ4n) is 1.94. The number of hydrogen-bond donors (Lipinski definition) is 2. The van der Waals surface area contributed by atoms with Crippen LogP contribution in [0.4, 0.5) is 0 Å². The summed E-state index contributed by atoms with van der Waals surface area (Å²) in [6.45, 7) is 1.72. The third-order valence-electron chi connectivity index (χ3n) is 2.92. The minimum atomic E-state index is -0.392. The van der Waals surface area contributed by atoms with Gasteiger partial charge in [0.25, 0.3) is 0 Å². The van der Waals surface area contributed by atoms with Crippen LogP contribution in [-0.2, 0) is 19.1 Å². The van der Waals surface area contributed by atoms with Crippen LogP contribution in [0.1, 0.15) is 19.8 Å². The molecule has 2 heterocycles. The van der Waals surface area contributed by atoms with Gasteiger partial charge in [-0.05, 0) is 13.3 Å². The summed E-state index contributed by atoms with van der Waals surface area (Å²) in [5.41, 5.74) is 0. The Bertz CT molecular complexity index is 307. The van der Waals surface area contributed by atoms with Gasteiger partial charge in [-0.1, -0.05) is 0 Å². The van der Waals surface area contributed by atoms with Gasteiger partial charge in [0.1, 0.15) is 18.4 Å². The lowest BCUT2D eigenvalue weighted by molar-refractivity contribution is -0.142. The number of carbonyl (C=O) groups excluding carboxylic acids is 2. The highest BCUT2D eigenvalue weighted by Crippen LogP contribution is 2.28. The molecule has 2 aliphatic rings. The van der Waals surface area contributed by atoms with Gasteiger partial charge < -0.3 is 14.8 Å². The van der Waals surface area contributed by atoms with Crippen LogP contribution in [0.15, 0.2) is 0 Å². The van der Waals surface area contributed by atoms with Gasteiger partial charge in [0.15, 0.2) is 0 Å². The van der Waals surface area contributed by atoms with E-state index in [0.29, 0.717) is 6.42 Å². The van der Waals surface area contributed by atoms with Crippen LogP contribution in [0.3, 0.4) is 0 Å². The lowest BCUT2D eigenvalue weighted by Gasteiger charge is -2.10. The molecule has 0 saturated carbocycles. The van der Waals surface area contributed by atoms with Crippen molar-refractivity contribution in [2.75, 3.05) is 7.11 Å². The molecule has 2 saturated heterocycles. The predicted octanol–water partition coefficient (Wildman–Crippen LogP) is -0.859. The lowest BCUT2D eigenvalue weighted by Crippen LogP contribution is -2.40. The van der Waals surface area contributed by atoms with Crippen molar-refractivity contribution in [1.29, 1.82) is 0 Å². The second kappa shape index (κ2) is 4.39. The van der Waals surface area contributed by atoms with Crippen LogP contribution in [0.2, 0.25) is 0 Å². The van der Waals surface area contributed by atoms with E-state index in [1.54, 1.807) is 6.92 Å². The highest BCUT2D eigenvalue weighted by Gasteiger charge is 2.48. The SMILES string of the molecule is COC(=O)[C@@H](C)NC1OC1[C@@H]1CCC(=O)N1. The van der Waals surface area contributed by atoms with E-state index < -0.39 is 6.04 Å². The summed E-state index contributed by atoms with van der Waals surface area (Å²) in [5.74, 6) is -0.245.